The Morgan fingerprint density at radius 1 is 1.11 bits per heavy atom. The molecule has 2 aromatic rings. The summed E-state index contributed by atoms with van der Waals surface area (Å²) in [6, 6.07) is 16.1. The topological polar surface area (TPSA) is 21.3 Å². The van der Waals surface area contributed by atoms with Gasteiger partial charge in [-0.05, 0) is 30.2 Å². The van der Waals surface area contributed by atoms with E-state index in [0.717, 1.165) is 24.4 Å². The van der Waals surface area contributed by atoms with Gasteiger partial charge in [-0.3, -0.25) is 0 Å². The highest BCUT2D eigenvalue weighted by Gasteiger charge is 2.02. The first kappa shape index (κ1) is 13.8. The van der Waals surface area contributed by atoms with E-state index in [4.69, 9.17) is 16.3 Å². The highest BCUT2D eigenvalue weighted by Crippen LogP contribution is 2.28. The summed E-state index contributed by atoms with van der Waals surface area (Å²) in [4.78, 5) is 0. The summed E-state index contributed by atoms with van der Waals surface area (Å²) in [5, 5.41) is 3.99. The van der Waals surface area contributed by atoms with Crippen molar-refractivity contribution < 1.29 is 4.74 Å². The minimum atomic E-state index is 0.645. The maximum absolute atomic E-state index is 6.18. The van der Waals surface area contributed by atoms with Gasteiger partial charge in [0, 0.05) is 12.2 Å². The summed E-state index contributed by atoms with van der Waals surface area (Å²) in [5.41, 5.74) is 2.24. The molecule has 0 aromatic heterocycles. The highest BCUT2D eigenvalue weighted by molar-refractivity contribution is 6.32. The molecule has 3 heteroatoms. The van der Waals surface area contributed by atoms with Crippen LogP contribution in [0.25, 0.3) is 0 Å². The maximum atomic E-state index is 6.18. The standard InChI is InChI=1S/C16H18ClNO/c1-2-10-19-16-9-8-14(11-15(16)17)18-12-13-6-4-3-5-7-13/h3-9,11,18H,2,10,12H2,1H3. The lowest BCUT2D eigenvalue weighted by Crippen LogP contribution is -2.00. The number of anilines is 1. The maximum Gasteiger partial charge on any atom is 0.138 e. The second-order valence-corrected chi connectivity index (χ2v) is 4.74. The molecule has 0 spiro atoms. The SMILES string of the molecule is CCCOc1ccc(NCc2ccccc2)cc1Cl. The third kappa shape index (κ3) is 4.18. The van der Waals surface area contributed by atoms with Crippen molar-refractivity contribution in [3.63, 3.8) is 0 Å². The fourth-order valence-corrected chi connectivity index (χ4v) is 1.97. The molecule has 0 fully saturated rings. The monoisotopic (exact) mass is 275 g/mol. The van der Waals surface area contributed by atoms with E-state index in [9.17, 15) is 0 Å². The van der Waals surface area contributed by atoms with E-state index >= 15 is 0 Å². The molecule has 0 saturated carbocycles. The Bertz CT molecular complexity index is 513. The fourth-order valence-electron chi connectivity index (χ4n) is 1.74. The Hall–Kier alpha value is -1.67. The summed E-state index contributed by atoms with van der Waals surface area (Å²) in [6.45, 7) is 3.55. The molecule has 0 bridgehead atoms. The lowest BCUT2D eigenvalue weighted by molar-refractivity contribution is 0.317. The molecule has 0 atom stereocenters. The zero-order valence-electron chi connectivity index (χ0n) is 11.0. The van der Waals surface area contributed by atoms with Gasteiger partial charge >= 0.3 is 0 Å². The quantitative estimate of drug-likeness (QED) is 0.822. The largest absolute Gasteiger partial charge is 0.492 e. The van der Waals surface area contributed by atoms with Gasteiger partial charge in [0.15, 0.2) is 0 Å². The van der Waals surface area contributed by atoms with Crippen LogP contribution < -0.4 is 10.1 Å². The molecule has 2 nitrogen and oxygen atoms in total. The van der Waals surface area contributed by atoms with Crippen LogP contribution in [0.5, 0.6) is 5.75 Å². The van der Waals surface area contributed by atoms with Gasteiger partial charge in [-0.1, -0.05) is 48.9 Å². The molecular formula is C16H18ClNO. The molecule has 0 saturated heterocycles. The third-order valence-electron chi connectivity index (χ3n) is 2.73. The van der Waals surface area contributed by atoms with Gasteiger partial charge in [0.2, 0.25) is 0 Å². The Labute approximate surface area is 119 Å². The number of ether oxygens (including phenoxy) is 1. The zero-order valence-corrected chi connectivity index (χ0v) is 11.8. The number of halogens is 1. The van der Waals surface area contributed by atoms with Gasteiger partial charge in [0.05, 0.1) is 11.6 Å². The lowest BCUT2D eigenvalue weighted by Gasteiger charge is -2.10. The molecule has 2 aromatic carbocycles. The Morgan fingerprint density at radius 2 is 1.89 bits per heavy atom. The molecule has 0 heterocycles. The average molecular weight is 276 g/mol. The molecule has 0 aliphatic heterocycles. The van der Waals surface area contributed by atoms with Crippen LogP contribution in [0.3, 0.4) is 0 Å². The van der Waals surface area contributed by atoms with Gasteiger partial charge in [-0.25, -0.2) is 0 Å². The van der Waals surface area contributed by atoms with Crippen molar-refractivity contribution >= 4 is 17.3 Å². The normalized spacial score (nSPS) is 10.2. The molecular weight excluding hydrogens is 258 g/mol. The Morgan fingerprint density at radius 3 is 2.58 bits per heavy atom. The van der Waals surface area contributed by atoms with Crippen LogP contribution >= 0.6 is 11.6 Å². The lowest BCUT2D eigenvalue weighted by atomic mass is 10.2. The smallest absolute Gasteiger partial charge is 0.138 e. The average Bonchev–Trinajstić information content (AvgIpc) is 2.45. The number of hydrogen-bond acceptors (Lipinski definition) is 2. The zero-order chi connectivity index (χ0) is 13.5. The molecule has 0 unspecified atom stereocenters. The van der Waals surface area contributed by atoms with E-state index in [1.54, 1.807) is 0 Å². The van der Waals surface area contributed by atoms with Crippen LogP contribution in [-0.4, -0.2) is 6.61 Å². The van der Waals surface area contributed by atoms with Crippen LogP contribution in [0, 0.1) is 0 Å². The number of rotatable bonds is 6. The minimum Gasteiger partial charge on any atom is -0.492 e. The van der Waals surface area contributed by atoms with Crippen molar-refractivity contribution in [1.82, 2.24) is 0 Å². The predicted molar refractivity (Wildman–Crippen MR) is 81.0 cm³/mol. The summed E-state index contributed by atoms with van der Waals surface area (Å²) >= 11 is 6.18. The first-order chi connectivity index (χ1) is 9.29. The summed E-state index contributed by atoms with van der Waals surface area (Å²) < 4.78 is 5.54. The van der Waals surface area contributed by atoms with E-state index in [1.165, 1.54) is 5.56 Å². The number of nitrogens with one attached hydrogen (secondary N) is 1. The van der Waals surface area contributed by atoms with Crippen LogP contribution in [0.4, 0.5) is 5.69 Å². The van der Waals surface area contributed by atoms with Gasteiger partial charge in [-0.15, -0.1) is 0 Å². The molecule has 0 radical (unpaired) electrons. The van der Waals surface area contributed by atoms with E-state index in [1.807, 2.05) is 36.4 Å². The number of benzene rings is 2. The van der Waals surface area contributed by atoms with E-state index in [0.29, 0.717) is 11.6 Å². The molecule has 0 amide bonds. The van der Waals surface area contributed by atoms with E-state index < -0.39 is 0 Å². The Balaban J connectivity index is 1.96. The molecule has 2 rings (SSSR count). The molecule has 0 aliphatic rings. The van der Waals surface area contributed by atoms with Crippen LogP contribution in [0.2, 0.25) is 5.02 Å². The van der Waals surface area contributed by atoms with Crippen molar-refractivity contribution in [3.05, 3.63) is 59.1 Å². The van der Waals surface area contributed by atoms with Crippen LogP contribution in [-0.2, 0) is 6.54 Å². The fraction of sp³-hybridized carbons (Fsp3) is 0.250. The van der Waals surface area contributed by atoms with Gasteiger partial charge in [0.25, 0.3) is 0 Å². The first-order valence-corrected chi connectivity index (χ1v) is 6.87. The van der Waals surface area contributed by atoms with Crippen LogP contribution in [0.15, 0.2) is 48.5 Å². The van der Waals surface area contributed by atoms with Crippen molar-refractivity contribution in [3.8, 4) is 5.75 Å². The van der Waals surface area contributed by atoms with Crippen molar-refractivity contribution in [2.75, 3.05) is 11.9 Å². The molecule has 0 aliphatic carbocycles. The van der Waals surface area contributed by atoms with Crippen LogP contribution in [0.1, 0.15) is 18.9 Å². The second kappa shape index (κ2) is 7.05. The first-order valence-electron chi connectivity index (χ1n) is 6.49. The van der Waals surface area contributed by atoms with Gasteiger partial charge < -0.3 is 10.1 Å². The van der Waals surface area contributed by atoms with Gasteiger partial charge in [-0.2, -0.15) is 0 Å². The number of hydrogen-bond donors (Lipinski definition) is 1. The summed E-state index contributed by atoms with van der Waals surface area (Å²) in [7, 11) is 0. The Kier molecular flexibility index (Phi) is 5.10. The second-order valence-electron chi connectivity index (χ2n) is 4.33. The molecule has 19 heavy (non-hydrogen) atoms. The summed E-state index contributed by atoms with van der Waals surface area (Å²) in [5.74, 6) is 0.744. The van der Waals surface area contributed by atoms with Gasteiger partial charge in [0.1, 0.15) is 5.75 Å². The van der Waals surface area contributed by atoms with E-state index in [-0.39, 0.29) is 0 Å². The minimum absolute atomic E-state index is 0.645. The van der Waals surface area contributed by atoms with Crippen molar-refractivity contribution in [2.24, 2.45) is 0 Å². The predicted octanol–water partition coefficient (Wildman–Crippen LogP) is 4.74. The third-order valence-corrected chi connectivity index (χ3v) is 3.03. The van der Waals surface area contributed by atoms with E-state index in [2.05, 4.69) is 24.4 Å². The highest BCUT2D eigenvalue weighted by atomic mass is 35.5. The summed E-state index contributed by atoms with van der Waals surface area (Å²) in [6.07, 6.45) is 0.977. The van der Waals surface area contributed by atoms with Crippen molar-refractivity contribution in [1.29, 1.82) is 0 Å². The molecule has 1 N–H and O–H groups in total. The molecule has 100 valence electrons. The van der Waals surface area contributed by atoms with Crippen molar-refractivity contribution in [2.45, 2.75) is 19.9 Å².